The molecule has 0 unspecified atom stereocenters. The predicted octanol–water partition coefficient (Wildman–Crippen LogP) is 3.10. The maximum atomic E-state index is 5.84. The second-order valence-electron chi connectivity index (χ2n) is 4.47. The molecular weight excluding hydrogens is 199 g/mol. The van der Waals surface area contributed by atoms with Gasteiger partial charge < -0.3 is 9.31 Å². The van der Waals surface area contributed by atoms with E-state index in [0.717, 1.165) is 0 Å². The Labute approximate surface area is 94.3 Å². The van der Waals surface area contributed by atoms with E-state index in [0.29, 0.717) is 0 Å². The number of fused-ring (bicyclic) bond motifs is 3. The summed E-state index contributed by atoms with van der Waals surface area (Å²) in [6.45, 7) is 1.96. The molecule has 0 bridgehead atoms. The van der Waals surface area contributed by atoms with Gasteiger partial charge in [0, 0.05) is 0 Å². The first-order valence-electron chi connectivity index (χ1n) is 5.67. The molecule has 3 heteroatoms. The minimum absolute atomic E-state index is 0.0936. The molecule has 0 saturated carbocycles. The molecule has 16 heavy (non-hydrogen) atoms. The molecule has 2 aromatic carbocycles. The van der Waals surface area contributed by atoms with Crippen LogP contribution < -0.4 is 0 Å². The summed E-state index contributed by atoms with van der Waals surface area (Å²) < 4.78 is 11.7. The van der Waals surface area contributed by atoms with E-state index in [4.69, 9.17) is 9.31 Å². The minimum Gasteiger partial charge on any atom is -0.401 e. The second kappa shape index (κ2) is 2.87. The second-order valence-corrected chi connectivity index (χ2v) is 4.47. The van der Waals surface area contributed by atoms with Gasteiger partial charge in [-0.2, -0.15) is 0 Å². The monoisotopic (exact) mass is 210 g/mol. The Hall–Kier alpha value is -1.32. The van der Waals surface area contributed by atoms with E-state index in [1.807, 2.05) is 6.82 Å². The fourth-order valence-corrected chi connectivity index (χ4v) is 2.93. The molecule has 2 nitrogen and oxygen atoms in total. The van der Waals surface area contributed by atoms with Crippen LogP contribution in [0.25, 0.3) is 10.8 Å². The van der Waals surface area contributed by atoms with Crippen molar-refractivity contribution in [3.8, 4) is 0 Å². The first kappa shape index (κ1) is 8.79. The molecule has 0 aromatic heterocycles. The van der Waals surface area contributed by atoms with Gasteiger partial charge in [0.1, 0.15) is 0 Å². The molecule has 1 aliphatic carbocycles. The van der Waals surface area contributed by atoms with E-state index in [9.17, 15) is 0 Å². The lowest BCUT2D eigenvalue weighted by Gasteiger charge is -2.09. The van der Waals surface area contributed by atoms with Crippen LogP contribution in [0, 0.1) is 0 Å². The third-order valence-corrected chi connectivity index (χ3v) is 3.53. The van der Waals surface area contributed by atoms with Crippen molar-refractivity contribution in [1.82, 2.24) is 0 Å². The highest BCUT2D eigenvalue weighted by Gasteiger charge is 2.44. The maximum absolute atomic E-state index is 5.84. The van der Waals surface area contributed by atoms with Crippen LogP contribution >= 0.6 is 0 Å². The summed E-state index contributed by atoms with van der Waals surface area (Å²) >= 11 is 0. The van der Waals surface area contributed by atoms with Crippen LogP contribution in [0.1, 0.15) is 23.3 Å². The summed E-state index contributed by atoms with van der Waals surface area (Å²) in [5, 5.41) is 2.61. The fourth-order valence-electron chi connectivity index (χ4n) is 2.93. The third-order valence-electron chi connectivity index (χ3n) is 3.53. The SMILES string of the molecule is CB1O[C@@H]2c3cccc4cccc(c34)[C@@H]2O1. The van der Waals surface area contributed by atoms with E-state index >= 15 is 0 Å². The van der Waals surface area contributed by atoms with E-state index in [1.54, 1.807) is 0 Å². The summed E-state index contributed by atoms with van der Waals surface area (Å²) in [5.74, 6) is 0. The molecule has 2 aliphatic rings. The van der Waals surface area contributed by atoms with Gasteiger partial charge in [-0.15, -0.1) is 0 Å². The molecule has 0 amide bonds. The molecule has 1 heterocycles. The Kier molecular flexibility index (Phi) is 1.58. The molecule has 4 rings (SSSR count). The summed E-state index contributed by atoms with van der Waals surface area (Å²) in [6.07, 6.45) is 0.187. The van der Waals surface area contributed by atoms with Crippen LogP contribution in [0.5, 0.6) is 0 Å². The minimum atomic E-state index is -0.0985. The Morgan fingerprint density at radius 2 is 1.50 bits per heavy atom. The number of rotatable bonds is 0. The highest BCUT2D eigenvalue weighted by Crippen LogP contribution is 2.51. The van der Waals surface area contributed by atoms with Crippen molar-refractivity contribution in [3.63, 3.8) is 0 Å². The fraction of sp³-hybridized carbons (Fsp3) is 0.231. The van der Waals surface area contributed by atoms with E-state index in [1.165, 1.54) is 21.9 Å². The first-order chi connectivity index (χ1) is 7.84. The number of hydrogen-bond acceptors (Lipinski definition) is 2. The average Bonchev–Trinajstić information content (AvgIpc) is 2.80. The van der Waals surface area contributed by atoms with Crippen molar-refractivity contribution in [2.75, 3.05) is 0 Å². The van der Waals surface area contributed by atoms with Gasteiger partial charge >= 0.3 is 7.12 Å². The molecule has 2 aromatic rings. The lowest BCUT2D eigenvalue weighted by molar-refractivity contribution is 0.170. The van der Waals surface area contributed by atoms with E-state index in [-0.39, 0.29) is 19.3 Å². The summed E-state index contributed by atoms with van der Waals surface area (Å²) in [6, 6.07) is 12.8. The first-order valence-corrected chi connectivity index (χ1v) is 5.67. The molecule has 1 aliphatic heterocycles. The van der Waals surface area contributed by atoms with Gasteiger partial charge in [-0.05, 0) is 28.7 Å². The molecule has 78 valence electrons. The molecule has 0 spiro atoms. The smallest absolute Gasteiger partial charge is 0.401 e. The third kappa shape index (κ3) is 0.951. The topological polar surface area (TPSA) is 18.5 Å². The molecular formula is C13H11BO2. The van der Waals surface area contributed by atoms with Crippen LogP contribution in [-0.2, 0) is 9.31 Å². The summed E-state index contributed by atoms with van der Waals surface area (Å²) in [7, 11) is -0.0985. The zero-order valence-electron chi connectivity index (χ0n) is 9.01. The normalized spacial score (nSPS) is 26.4. The van der Waals surface area contributed by atoms with Gasteiger partial charge in [0.05, 0.1) is 12.2 Å². The van der Waals surface area contributed by atoms with Crippen LogP contribution in [0.15, 0.2) is 36.4 Å². The zero-order chi connectivity index (χ0) is 10.7. The van der Waals surface area contributed by atoms with Crippen molar-refractivity contribution in [2.24, 2.45) is 0 Å². The highest BCUT2D eigenvalue weighted by atomic mass is 16.7. The summed E-state index contributed by atoms with van der Waals surface area (Å²) in [4.78, 5) is 0. The molecule has 2 atom stereocenters. The maximum Gasteiger partial charge on any atom is 0.454 e. The largest absolute Gasteiger partial charge is 0.454 e. The van der Waals surface area contributed by atoms with Crippen LogP contribution in [0.2, 0.25) is 6.82 Å². The zero-order valence-corrected chi connectivity index (χ0v) is 9.01. The summed E-state index contributed by atoms with van der Waals surface area (Å²) in [5.41, 5.74) is 2.56. The molecule has 0 radical (unpaired) electrons. The Balaban J connectivity index is 2.06. The number of hydrogen-bond donors (Lipinski definition) is 0. The van der Waals surface area contributed by atoms with Crippen molar-refractivity contribution in [3.05, 3.63) is 47.5 Å². The Morgan fingerprint density at radius 3 is 2.06 bits per heavy atom. The Morgan fingerprint density at radius 1 is 0.938 bits per heavy atom. The van der Waals surface area contributed by atoms with E-state index < -0.39 is 0 Å². The highest BCUT2D eigenvalue weighted by molar-refractivity contribution is 6.43. The van der Waals surface area contributed by atoms with Crippen LogP contribution in [0.4, 0.5) is 0 Å². The number of benzene rings is 2. The van der Waals surface area contributed by atoms with Gasteiger partial charge in [0.2, 0.25) is 0 Å². The standard InChI is InChI=1S/C13H11BO2/c1-14-15-12-9-6-2-4-8-5-3-7-10(11(8)9)13(12)16-14/h2-7,12-13H,1H3/t12-,13+. The van der Waals surface area contributed by atoms with Gasteiger partial charge in [-0.1, -0.05) is 36.4 Å². The lowest BCUT2D eigenvalue weighted by Crippen LogP contribution is -2.08. The van der Waals surface area contributed by atoms with Crippen LogP contribution in [-0.4, -0.2) is 7.12 Å². The molecule has 1 fully saturated rings. The van der Waals surface area contributed by atoms with Crippen molar-refractivity contribution in [1.29, 1.82) is 0 Å². The molecule has 1 saturated heterocycles. The van der Waals surface area contributed by atoms with Gasteiger partial charge in [0.25, 0.3) is 0 Å². The average molecular weight is 210 g/mol. The van der Waals surface area contributed by atoms with Crippen molar-refractivity contribution < 1.29 is 9.31 Å². The van der Waals surface area contributed by atoms with Gasteiger partial charge in [-0.3, -0.25) is 0 Å². The Bertz CT molecular complexity index is 534. The van der Waals surface area contributed by atoms with Gasteiger partial charge in [0.15, 0.2) is 0 Å². The predicted molar refractivity (Wildman–Crippen MR) is 63.2 cm³/mol. The van der Waals surface area contributed by atoms with Crippen molar-refractivity contribution in [2.45, 2.75) is 19.0 Å². The quantitative estimate of drug-likeness (QED) is 0.622. The van der Waals surface area contributed by atoms with E-state index in [2.05, 4.69) is 36.4 Å². The van der Waals surface area contributed by atoms with Crippen molar-refractivity contribution >= 4 is 17.9 Å². The molecule has 0 N–H and O–H groups in total. The lowest BCUT2D eigenvalue weighted by atomic mass is 9.96. The van der Waals surface area contributed by atoms with Gasteiger partial charge in [-0.25, -0.2) is 0 Å². The van der Waals surface area contributed by atoms with Crippen LogP contribution in [0.3, 0.4) is 0 Å².